The van der Waals surface area contributed by atoms with Crippen LogP contribution >= 0.6 is 23.2 Å². The number of hydrogen-bond acceptors (Lipinski definition) is 4. The highest BCUT2D eigenvalue weighted by molar-refractivity contribution is 7.88. The third kappa shape index (κ3) is 9.14. The van der Waals surface area contributed by atoms with Crippen molar-refractivity contribution in [1.82, 2.24) is 14.6 Å². The zero-order valence-electron chi connectivity index (χ0n) is 23.3. The van der Waals surface area contributed by atoms with Crippen LogP contribution in [0.15, 0.2) is 85.6 Å². The van der Waals surface area contributed by atoms with Crippen LogP contribution in [0, 0.1) is 11.3 Å². The van der Waals surface area contributed by atoms with Gasteiger partial charge in [-0.3, -0.25) is 9.78 Å². The second-order valence-electron chi connectivity index (χ2n) is 11.1. The van der Waals surface area contributed by atoms with Crippen LogP contribution in [-0.4, -0.2) is 36.8 Å². The third-order valence-corrected chi connectivity index (χ3v) is 9.40. The second-order valence-corrected chi connectivity index (χ2v) is 13.8. The largest absolute Gasteiger partial charge is 0.333 e. The van der Waals surface area contributed by atoms with Gasteiger partial charge in [0, 0.05) is 35.4 Å². The fourth-order valence-corrected chi connectivity index (χ4v) is 6.58. The average Bonchev–Trinajstić information content (AvgIpc) is 3.78. The zero-order chi connectivity index (χ0) is 29.5. The van der Waals surface area contributed by atoms with E-state index in [1.807, 2.05) is 60.4 Å². The Morgan fingerprint density at radius 3 is 2.49 bits per heavy atom. The average molecular weight is 615 g/mol. The van der Waals surface area contributed by atoms with E-state index >= 15 is 0 Å². The van der Waals surface area contributed by atoms with Gasteiger partial charge in [-0.15, -0.1) is 6.58 Å². The minimum atomic E-state index is -3.67. The lowest BCUT2D eigenvalue weighted by molar-refractivity contribution is -0.145. The summed E-state index contributed by atoms with van der Waals surface area (Å²) in [6.07, 6.45) is 7.02. The third-order valence-electron chi connectivity index (χ3n) is 7.64. The summed E-state index contributed by atoms with van der Waals surface area (Å²) in [5, 5.41) is 1.28. The highest BCUT2D eigenvalue weighted by Crippen LogP contribution is 2.39. The van der Waals surface area contributed by atoms with Gasteiger partial charge in [-0.05, 0) is 85.5 Å². The number of nitrogens with one attached hydrogen (secondary N) is 1. The molecule has 41 heavy (non-hydrogen) atoms. The summed E-state index contributed by atoms with van der Waals surface area (Å²) in [4.78, 5) is 20.6. The van der Waals surface area contributed by atoms with Gasteiger partial charge in [0.05, 0.1) is 11.1 Å². The molecule has 0 radical (unpaired) electrons. The predicted molar refractivity (Wildman–Crippen MR) is 166 cm³/mol. The summed E-state index contributed by atoms with van der Waals surface area (Å²) in [5.74, 6) is -0.0237. The molecule has 2 atom stereocenters. The molecule has 1 amide bonds. The summed E-state index contributed by atoms with van der Waals surface area (Å²) >= 11 is 12.4. The molecule has 4 rings (SSSR count). The van der Waals surface area contributed by atoms with Crippen LogP contribution < -0.4 is 4.72 Å². The molecule has 0 bridgehead atoms. The van der Waals surface area contributed by atoms with Gasteiger partial charge in [0.15, 0.2) is 0 Å². The standard InChI is InChI=1S/C32H37Cl2N3O3S/c1-3-17-32(2,18-16-24-7-6-8-28(34)20-24)31(38)37(22-25-10-14-27(33)15-11-25)30(26-12-13-26)21-36-41(39,40)23-29-9-4-5-19-35-29/h3-11,14-15,19-20,26,30,36H,1,12-13,16-18,21-23H2,2H3. The summed E-state index contributed by atoms with van der Waals surface area (Å²) in [5.41, 5.74) is 1.72. The van der Waals surface area contributed by atoms with Crippen LogP contribution in [0.2, 0.25) is 10.0 Å². The zero-order valence-corrected chi connectivity index (χ0v) is 25.6. The molecular formula is C32H37Cl2N3O3S. The number of benzene rings is 2. The summed E-state index contributed by atoms with van der Waals surface area (Å²) < 4.78 is 28.8. The molecule has 0 aliphatic heterocycles. The van der Waals surface area contributed by atoms with E-state index in [-0.39, 0.29) is 30.2 Å². The number of carbonyl (C=O) groups is 1. The first kappa shape index (κ1) is 31.2. The first-order valence-electron chi connectivity index (χ1n) is 13.9. The van der Waals surface area contributed by atoms with Crippen molar-refractivity contribution in [1.29, 1.82) is 0 Å². The van der Waals surface area contributed by atoms with E-state index in [2.05, 4.69) is 16.3 Å². The van der Waals surface area contributed by atoms with E-state index in [1.54, 1.807) is 30.5 Å². The van der Waals surface area contributed by atoms with Gasteiger partial charge < -0.3 is 4.90 Å². The number of rotatable bonds is 15. The van der Waals surface area contributed by atoms with Gasteiger partial charge >= 0.3 is 0 Å². The van der Waals surface area contributed by atoms with E-state index in [0.717, 1.165) is 24.0 Å². The molecular weight excluding hydrogens is 577 g/mol. The summed E-state index contributed by atoms with van der Waals surface area (Å²) in [6.45, 7) is 6.41. The molecule has 1 aliphatic rings. The molecule has 6 nitrogen and oxygen atoms in total. The van der Waals surface area contributed by atoms with E-state index in [0.29, 0.717) is 41.5 Å². The number of pyridine rings is 1. The van der Waals surface area contributed by atoms with Crippen LogP contribution in [0.1, 0.15) is 49.4 Å². The van der Waals surface area contributed by atoms with Crippen LogP contribution in [0.25, 0.3) is 0 Å². The number of nitrogens with zero attached hydrogens (tertiary/aromatic N) is 2. The number of allylic oxidation sites excluding steroid dienone is 1. The van der Waals surface area contributed by atoms with E-state index in [9.17, 15) is 13.2 Å². The SMILES string of the molecule is C=CCC(C)(CCc1cccc(Cl)c1)C(=O)N(Cc1ccc(Cl)cc1)C(CNS(=O)(=O)Cc1ccccn1)C1CC1. The number of amides is 1. The highest BCUT2D eigenvalue weighted by Gasteiger charge is 2.43. The maximum Gasteiger partial charge on any atom is 0.229 e. The number of halogens is 2. The minimum absolute atomic E-state index is 0.0183. The monoisotopic (exact) mass is 613 g/mol. The summed E-state index contributed by atoms with van der Waals surface area (Å²) in [7, 11) is -3.67. The minimum Gasteiger partial charge on any atom is -0.333 e. The van der Waals surface area contributed by atoms with E-state index in [4.69, 9.17) is 23.2 Å². The Hall–Kier alpha value is -2.71. The second kappa shape index (κ2) is 14.0. The number of hydrogen-bond donors (Lipinski definition) is 1. The number of carbonyl (C=O) groups excluding carboxylic acids is 1. The Morgan fingerprint density at radius 2 is 1.85 bits per heavy atom. The normalized spacial score (nSPS) is 15.6. The number of sulfonamides is 1. The molecule has 2 aromatic carbocycles. The lowest BCUT2D eigenvalue weighted by atomic mass is 9.79. The van der Waals surface area contributed by atoms with Gasteiger partial charge in [-0.25, -0.2) is 13.1 Å². The molecule has 3 aromatic rings. The molecule has 9 heteroatoms. The smallest absolute Gasteiger partial charge is 0.229 e. The Bertz CT molecular complexity index is 1430. The topological polar surface area (TPSA) is 79.4 Å². The van der Waals surface area contributed by atoms with Crippen molar-refractivity contribution in [2.45, 2.75) is 57.4 Å². The van der Waals surface area contributed by atoms with Crippen molar-refractivity contribution in [2.75, 3.05) is 6.54 Å². The molecule has 0 spiro atoms. The summed E-state index contributed by atoms with van der Waals surface area (Å²) in [6, 6.07) is 20.0. The molecule has 1 fully saturated rings. The van der Waals surface area contributed by atoms with Gasteiger partial charge in [0.25, 0.3) is 0 Å². The molecule has 1 aliphatic carbocycles. The molecule has 1 N–H and O–H groups in total. The highest BCUT2D eigenvalue weighted by atomic mass is 35.5. The Balaban J connectivity index is 1.60. The van der Waals surface area contributed by atoms with Crippen molar-refractivity contribution >= 4 is 39.1 Å². The molecule has 2 unspecified atom stereocenters. The van der Waals surface area contributed by atoms with E-state index in [1.165, 1.54) is 0 Å². The van der Waals surface area contributed by atoms with Crippen LogP contribution in [0.4, 0.5) is 0 Å². The Morgan fingerprint density at radius 1 is 1.10 bits per heavy atom. The molecule has 0 saturated heterocycles. The van der Waals surface area contributed by atoms with Gasteiger partial charge in [0.2, 0.25) is 15.9 Å². The first-order valence-corrected chi connectivity index (χ1v) is 16.3. The maximum absolute atomic E-state index is 14.5. The van der Waals surface area contributed by atoms with E-state index < -0.39 is 15.4 Å². The molecule has 1 saturated carbocycles. The van der Waals surface area contributed by atoms with Gasteiger partial charge in [0.1, 0.15) is 5.75 Å². The number of aryl methyl sites for hydroxylation is 1. The van der Waals surface area contributed by atoms with Crippen molar-refractivity contribution in [3.8, 4) is 0 Å². The Labute approximate surface area is 253 Å². The molecule has 1 aromatic heterocycles. The molecule has 218 valence electrons. The predicted octanol–water partition coefficient (Wildman–Crippen LogP) is 6.83. The fraction of sp³-hybridized carbons (Fsp3) is 0.375. The van der Waals surface area contributed by atoms with Crippen LogP contribution in [0.5, 0.6) is 0 Å². The van der Waals surface area contributed by atoms with Crippen LogP contribution in [0.3, 0.4) is 0 Å². The maximum atomic E-state index is 14.5. The fourth-order valence-electron chi connectivity index (χ4n) is 5.15. The Kier molecular flexibility index (Phi) is 10.6. The van der Waals surface area contributed by atoms with Crippen molar-refractivity contribution in [3.63, 3.8) is 0 Å². The lowest BCUT2D eigenvalue weighted by Crippen LogP contribution is -2.52. The first-order chi connectivity index (χ1) is 19.6. The quantitative estimate of drug-likeness (QED) is 0.190. The lowest BCUT2D eigenvalue weighted by Gasteiger charge is -2.39. The van der Waals surface area contributed by atoms with Gasteiger partial charge in [-0.2, -0.15) is 0 Å². The van der Waals surface area contributed by atoms with Crippen LogP contribution in [-0.2, 0) is 33.5 Å². The van der Waals surface area contributed by atoms with Crippen molar-refractivity contribution in [2.24, 2.45) is 11.3 Å². The number of aromatic nitrogens is 1. The van der Waals surface area contributed by atoms with Gasteiger partial charge in [-0.1, -0.05) is 66.5 Å². The van der Waals surface area contributed by atoms with Crippen molar-refractivity contribution in [3.05, 3.63) is 112 Å². The molecule has 1 heterocycles. The van der Waals surface area contributed by atoms with Crippen molar-refractivity contribution < 1.29 is 13.2 Å².